The van der Waals surface area contributed by atoms with Gasteiger partial charge in [0.15, 0.2) is 0 Å². The fourth-order valence-corrected chi connectivity index (χ4v) is 2.22. The molecule has 0 aliphatic carbocycles. The maximum Gasteiger partial charge on any atom is 0.138 e. The summed E-state index contributed by atoms with van der Waals surface area (Å²) in [7, 11) is 1.41. The highest BCUT2D eigenvalue weighted by Crippen LogP contribution is 2.16. The van der Waals surface area contributed by atoms with Gasteiger partial charge in [-0.2, -0.15) is 0 Å². The lowest BCUT2D eigenvalue weighted by atomic mass is 9.91. The van der Waals surface area contributed by atoms with Gasteiger partial charge in [-0.1, -0.05) is 20.3 Å². The Bertz CT molecular complexity index is 320. The van der Waals surface area contributed by atoms with E-state index in [2.05, 4.69) is 0 Å². The summed E-state index contributed by atoms with van der Waals surface area (Å²) in [5.41, 5.74) is 0. The molecular formula is C16H30O6. The van der Waals surface area contributed by atoms with E-state index in [1.54, 1.807) is 6.92 Å². The van der Waals surface area contributed by atoms with Gasteiger partial charge in [-0.05, 0) is 19.3 Å². The lowest BCUT2D eigenvalue weighted by Crippen LogP contribution is -2.39. The minimum absolute atomic E-state index is 0.00808. The Kier molecular flexibility index (Phi) is 11.3. The Morgan fingerprint density at radius 1 is 1.14 bits per heavy atom. The number of ketones is 1. The van der Waals surface area contributed by atoms with Gasteiger partial charge in [0, 0.05) is 25.4 Å². The molecule has 3 N–H and O–H groups in total. The first kappa shape index (κ1) is 21.2. The van der Waals surface area contributed by atoms with Gasteiger partial charge in [0.1, 0.15) is 18.2 Å². The summed E-state index contributed by atoms with van der Waals surface area (Å²) in [5, 5.41) is 29.3. The van der Waals surface area contributed by atoms with Crippen LogP contribution in [0.3, 0.4) is 0 Å². The number of aliphatic hydroxyl groups excluding tert-OH is 3. The quantitative estimate of drug-likeness (QED) is 0.432. The lowest BCUT2D eigenvalue weighted by Gasteiger charge is -2.22. The molecule has 0 spiro atoms. The first-order valence-electron chi connectivity index (χ1n) is 7.84. The van der Waals surface area contributed by atoms with Gasteiger partial charge in [-0.3, -0.25) is 4.79 Å². The van der Waals surface area contributed by atoms with Crippen molar-refractivity contribution in [1.29, 1.82) is 0 Å². The second kappa shape index (κ2) is 11.7. The number of methoxy groups -OCH3 is 1. The van der Waals surface area contributed by atoms with Crippen LogP contribution in [0.15, 0.2) is 0 Å². The van der Waals surface area contributed by atoms with Crippen molar-refractivity contribution >= 4 is 12.1 Å². The second-order valence-electron chi connectivity index (χ2n) is 6.01. The molecule has 0 aromatic heterocycles. The lowest BCUT2D eigenvalue weighted by molar-refractivity contribution is -0.130. The van der Waals surface area contributed by atoms with Crippen molar-refractivity contribution in [2.75, 3.05) is 13.7 Å². The maximum absolute atomic E-state index is 12.0. The average molecular weight is 318 g/mol. The molecule has 0 bridgehead atoms. The van der Waals surface area contributed by atoms with Crippen LogP contribution >= 0.6 is 0 Å². The Morgan fingerprint density at radius 3 is 2.32 bits per heavy atom. The number of aldehydes is 1. The van der Waals surface area contributed by atoms with Gasteiger partial charge in [0.25, 0.3) is 0 Å². The Balaban J connectivity index is 4.02. The highest BCUT2D eigenvalue weighted by Gasteiger charge is 2.28. The highest BCUT2D eigenvalue weighted by molar-refractivity contribution is 5.81. The normalized spacial score (nSPS) is 18.3. The molecule has 5 unspecified atom stereocenters. The van der Waals surface area contributed by atoms with E-state index >= 15 is 0 Å². The van der Waals surface area contributed by atoms with Crippen LogP contribution in [0, 0.1) is 11.8 Å². The molecule has 130 valence electrons. The molecule has 0 saturated carbocycles. The average Bonchev–Trinajstić information content (AvgIpc) is 2.50. The number of rotatable bonds is 13. The molecule has 0 saturated heterocycles. The molecule has 0 radical (unpaired) electrons. The second-order valence-corrected chi connectivity index (χ2v) is 6.01. The zero-order valence-corrected chi connectivity index (χ0v) is 13.8. The molecule has 6 nitrogen and oxygen atoms in total. The summed E-state index contributed by atoms with van der Waals surface area (Å²) in [4.78, 5) is 22.4. The van der Waals surface area contributed by atoms with Crippen LogP contribution in [-0.4, -0.2) is 59.4 Å². The van der Waals surface area contributed by atoms with Crippen LogP contribution in [0.5, 0.6) is 0 Å². The van der Waals surface area contributed by atoms with Crippen LogP contribution in [-0.2, 0) is 14.3 Å². The molecule has 0 aliphatic heterocycles. The van der Waals surface area contributed by atoms with Crippen LogP contribution < -0.4 is 0 Å². The largest absolute Gasteiger partial charge is 0.393 e. The third-order valence-corrected chi connectivity index (χ3v) is 3.90. The predicted molar refractivity (Wildman–Crippen MR) is 82.4 cm³/mol. The number of aliphatic hydroxyl groups is 3. The third kappa shape index (κ3) is 8.58. The third-order valence-electron chi connectivity index (χ3n) is 3.90. The first-order valence-corrected chi connectivity index (χ1v) is 7.84. The summed E-state index contributed by atoms with van der Waals surface area (Å²) < 4.78 is 4.74. The molecule has 0 heterocycles. The molecule has 6 heteroatoms. The molecule has 0 rings (SSSR count). The Morgan fingerprint density at radius 2 is 1.77 bits per heavy atom. The summed E-state index contributed by atoms with van der Waals surface area (Å²) in [5.74, 6) is -0.901. The maximum atomic E-state index is 12.0. The molecule has 0 aromatic rings. The van der Waals surface area contributed by atoms with E-state index in [1.807, 2.05) is 6.92 Å². The summed E-state index contributed by atoms with van der Waals surface area (Å²) in [6, 6.07) is 0. The molecule has 0 fully saturated rings. The van der Waals surface area contributed by atoms with Gasteiger partial charge in [-0.15, -0.1) is 0 Å². The number of carbonyl (C=O) groups is 2. The van der Waals surface area contributed by atoms with Gasteiger partial charge in [0.2, 0.25) is 0 Å². The zero-order chi connectivity index (χ0) is 17.1. The van der Waals surface area contributed by atoms with Gasteiger partial charge in [0.05, 0.1) is 18.8 Å². The van der Waals surface area contributed by atoms with Crippen LogP contribution in [0.2, 0.25) is 0 Å². The predicted octanol–water partition coefficient (Wildman–Crippen LogP) is 0.706. The SMILES string of the molecule is COCC(O)C(O)C(C)C(=O)CCC(O)CCCC(C)C=O. The van der Waals surface area contributed by atoms with E-state index in [9.17, 15) is 24.9 Å². The van der Waals surface area contributed by atoms with E-state index in [0.717, 1.165) is 19.1 Å². The number of Topliss-reactive ketones (excluding diaryl/α,β-unsaturated/α-hetero) is 1. The number of carbonyl (C=O) groups excluding carboxylic acids is 2. The topological polar surface area (TPSA) is 104 Å². The minimum atomic E-state index is -1.17. The van der Waals surface area contributed by atoms with Crippen LogP contribution in [0.25, 0.3) is 0 Å². The highest BCUT2D eigenvalue weighted by atomic mass is 16.5. The van der Waals surface area contributed by atoms with Crippen molar-refractivity contribution in [3.05, 3.63) is 0 Å². The summed E-state index contributed by atoms with van der Waals surface area (Å²) >= 11 is 0. The fourth-order valence-electron chi connectivity index (χ4n) is 2.22. The van der Waals surface area contributed by atoms with Crippen LogP contribution in [0.1, 0.15) is 46.0 Å². The van der Waals surface area contributed by atoms with Gasteiger partial charge >= 0.3 is 0 Å². The first-order chi connectivity index (χ1) is 10.3. The van der Waals surface area contributed by atoms with E-state index < -0.39 is 24.2 Å². The van der Waals surface area contributed by atoms with Gasteiger partial charge in [-0.25, -0.2) is 0 Å². The Labute approximate surface area is 132 Å². The number of hydrogen-bond donors (Lipinski definition) is 3. The van der Waals surface area contributed by atoms with Crippen molar-refractivity contribution in [3.63, 3.8) is 0 Å². The molecule has 0 aromatic carbocycles. The summed E-state index contributed by atoms with van der Waals surface area (Å²) in [6.45, 7) is 3.36. The van der Waals surface area contributed by atoms with E-state index in [4.69, 9.17) is 4.74 Å². The van der Waals surface area contributed by atoms with Crippen molar-refractivity contribution in [1.82, 2.24) is 0 Å². The zero-order valence-electron chi connectivity index (χ0n) is 13.8. The van der Waals surface area contributed by atoms with E-state index in [1.165, 1.54) is 7.11 Å². The summed E-state index contributed by atoms with van der Waals surface area (Å²) in [6.07, 6.45) is 0.535. The fraction of sp³-hybridized carbons (Fsp3) is 0.875. The Hall–Kier alpha value is -0.820. The monoisotopic (exact) mass is 318 g/mol. The van der Waals surface area contributed by atoms with Crippen molar-refractivity contribution in [2.24, 2.45) is 11.8 Å². The molecule has 0 amide bonds. The van der Waals surface area contributed by atoms with Crippen molar-refractivity contribution in [2.45, 2.75) is 64.3 Å². The minimum Gasteiger partial charge on any atom is -0.393 e. The molecular weight excluding hydrogens is 288 g/mol. The van der Waals surface area contributed by atoms with E-state index in [-0.39, 0.29) is 24.7 Å². The number of ether oxygens (including phenoxy) is 1. The van der Waals surface area contributed by atoms with Gasteiger partial charge < -0.3 is 24.9 Å². The van der Waals surface area contributed by atoms with E-state index in [0.29, 0.717) is 12.8 Å². The standard InChI is InChI=1S/C16H30O6/c1-11(9-17)5-4-6-13(18)7-8-14(19)12(2)16(21)15(20)10-22-3/h9,11-13,15-16,18,20-21H,4-8,10H2,1-3H3. The molecule has 0 aliphatic rings. The van der Waals surface area contributed by atoms with Crippen molar-refractivity contribution < 1.29 is 29.6 Å². The van der Waals surface area contributed by atoms with Crippen LogP contribution in [0.4, 0.5) is 0 Å². The van der Waals surface area contributed by atoms with Crippen molar-refractivity contribution in [3.8, 4) is 0 Å². The number of hydrogen-bond acceptors (Lipinski definition) is 6. The molecule has 5 atom stereocenters. The smallest absolute Gasteiger partial charge is 0.138 e. The molecule has 22 heavy (non-hydrogen) atoms.